The molecule has 3 atom stereocenters. The van der Waals surface area contributed by atoms with Gasteiger partial charge < -0.3 is 10.0 Å². The first-order valence-electron chi connectivity index (χ1n) is 7.44. The first-order valence-corrected chi connectivity index (χ1v) is 7.44. The molecule has 3 rings (SSSR count). The van der Waals surface area contributed by atoms with Crippen LogP contribution in [-0.2, 0) is 9.59 Å². The summed E-state index contributed by atoms with van der Waals surface area (Å²) in [6, 6.07) is 3.69. The number of carbonyl (C=O) groups excluding carboxylic acids is 1. The third-order valence-corrected chi connectivity index (χ3v) is 4.56. The smallest absolute Gasteiger partial charge is 0.308 e. The second-order valence-corrected chi connectivity index (χ2v) is 6.05. The first kappa shape index (κ1) is 14.9. The van der Waals surface area contributed by atoms with Crippen LogP contribution in [0.4, 0.5) is 8.78 Å². The summed E-state index contributed by atoms with van der Waals surface area (Å²) in [6.07, 6.45) is 1.63. The highest BCUT2D eigenvalue weighted by atomic mass is 19.1. The highest BCUT2D eigenvalue weighted by molar-refractivity contribution is 5.84. The van der Waals surface area contributed by atoms with Crippen molar-refractivity contribution in [2.45, 2.75) is 25.2 Å². The molecule has 1 aromatic rings. The monoisotopic (exact) mass is 309 g/mol. The van der Waals surface area contributed by atoms with Crippen LogP contribution in [0.3, 0.4) is 0 Å². The van der Waals surface area contributed by atoms with Crippen LogP contribution in [0.15, 0.2) is 18.2 Å². The number of carboxylic acids is 1. The number of halogens is 2. The van der Waals surface area contributed by atoms with Crippen LogP contribution in [0, 0.1) is 23.5 Å². The van der Waals surface area contributed by atoms with E-state index in [-0.39, 0.29) is 18.0 Å². The number of benzene rings is 1. The molecule has 1 aliphatic carbocycles. The molecule has 0 radical (unpaired) electrons. The standard InChI is InChI=1S/C16H17F2NO3/c17-12-4-1-5-13(18)14(12)10-7-11(10)15(20)19-6-2-3-9(8-19)16(21)22/h1,4-5,9-11H,2-3,6-8H2,(H,21,22). The van der Waals surface area contributed by atoms with Gasteiger partial charge in [0.1, 0.15) is 11.6 Å². The van der Waals surface area contributed by atoms with Crippen molar-refractivity contribution in [3.8, 4) is 0 Å². The third kappa shape index (κ3) is 2.69. The van der Waals surface area contributed by atoms with Crippen molar-refractivity contribution in [3.05, 3.63) is 35.4 Å². The number of aliphatic carboxylic acids is 1. The lowest BCUT2D eigenvalue weighted by molar-refractivity contribution is -0.146. The topological polar surface area (TPSA) is 57.6 Å². The summed E-state index contributed by atoms with van der Waals surface area (Å²) < 4.78 is 27.5. The van der Waals surface area contributed by atoms with Gasteiger partial charge in [0.2, 0.25) is 5.91 Å². The molecule has 1 aromatic carbocycles. The molecule has 22 heavy (non-hydrogen) atoms. The van der Waals surface area contributed by atoms with Crippen LogP contribution in [0.25, 0.3) is 0 Å². The Hall–Kier alpha value is -1.98. The Labute approximate surface area is 126 Å². The van der Waals surface area contributed by atoms with Crippen LogP contribution in [0.5, 0.6) is 0 Å². The second kappa shape index (κ2) is 5.66. The summed E-state index contributed by atoms with van der Waals surface area (Å²) in [5.41, 5.74) is -0.0207. The molecule has 2 fully saturated rings. The predicted octanol–water partition coefficient (Wildman–Crippen LogP) is 2.39. The maximum Gasteiger partial charge on any atom is 0.308 e. The van der Waals surface area contributed by atoms with E-state index in [1.54, 1.807) is 0 Å². The molecule has 1 saturated heterocycles. The molecule has 1 amide bonds. The molecular weight excluding hydrogens is 292 g/mol. The van der Waals surface area contributed by atoms with Gasteiger partial charge in [-0.25, -0.2) is 8.78 Å². The Morgan fingerprint density at radius 3 is 2.55 bits per heavy atom. The molecule has 2 aliphatic rings. The van der Waals surface area contributed by atoms with E-state index in [2.05, 4.69) is 0 Å². The molecule has 0 aromatic heterocycles. The maximum atomic E-state index is 13.7. The predicted molar refractivity (Wildman–Crippen MR) is 74.1 cm³/mol. The normalized spacial score (nSPS) is 27.5. The Balaban J connectivity index is 1.69. The Morgan fingerprint density at radius 1 is 1.23 bits per heavy atom. The van der Waals surface area contributed by atoms with E-state index in [1.165, 1.54) is 23.1 Å². The molecule has 118 valence electrons. The fourth-order valence-corrected chi connectivity index (χ4v) is 3.27. The number of likely N-dealkylation sites (tertiary alicyclic amines) is 1. The number of carbonyl (C=O) groups is 2. The molecule has 6 heteroatoms. The van der Waals surface area contributed by atoms with Crippen molar-refractivity contribution >= 4 is 11.9 Å². The zero-order chi connectivity index (χ0) is 15.9. The number of carboxylic acid groups (broad SMARTS) is 1. The van der Waals surface area contributed by atoms with Crippen molar-refractivity contribution in [3.63, 3.8) is 0 Å². The second-order valence-electron chi connectivity index (χ2n) is 6.05. The number of amides is 1. The van der Waals surface area contributed by atoms with Crippen molar-refractivity contribution in [2.24, 2.45) is 11.8 Å². The highest BCUT2D eigenvalue weighted by Gasteiger charge is 2.48. The van der Waals surface area contributed by atoms with Crippen molar-refractivity contribution in [1.29, 1.82) is 0 Å². The van der Waals surface area contributed by atoms with Gasteiger partial charge in [0.05, 0.1) is 5.92 Å². The van der Waals surface area contributed by atoms with E-state index >= 15 is 0 Å². The van der Waals surface area contributed by atoms with Gasteiger partial charge >= 0.3 is 5.97 Å². The van der Waals surface area contributed by atoms with E-state index in [4.69, 9.17) is 5.11 Å². The zero-order valence-electron chi connectivity index (χ0n) is 12.0. The Kier molecular flexibility index (Phi) is 3.85. The van der Waals surface area contributed by atoms with Crippen LogP contribution in [0.1, 0.15) is 30.7 Å². The van der Waals surface area contributed by atoms with Crippen LogP contribution in [0.2, 0.25) is 0 Å². The summed E-state index contributed by atoms with van der Waals surface area (Å²) in [6.45, 7) is 0.711. The van der Waals surface area contributed by atoms with Crippen LogP contribution >= 0.6 is 0 Å². The number of rotatable bonds is 3. The lowest BCUT2D eigenvalue weighted by Crippen LogP contribution is -2.43. The number of piperidine rings is 1. The molecule has 4 nitrogen and oxygen atoms in total. The SMILES string of the molecule is O=C(O)C1CCCN(C(=O)C2CC2c2c(F)cccc2F)C1. The highest BCUT2D eigenvalue weighted by Crippen LogP contribution is 2.50. The van der Waals surface area contributed by atoms with Gasteiger partial charge in [-0.3, -0.25) is 9.59 Å². The molecule has 3 unspecified atom stereocenters. The van der Waals surface area contributed by atoms with Gasteiger partial charge in [0.15, 0.2) is 0 Å². The van der Waals surface area contributed by atoms with E-state index in [0.717, 1.165) is 0 Å². The van der Waals surface area contributed by atoms with Gasteiger partial charge in [-0.05, 0) is 31.4 Å². The molecule has 0 bridgehead atoms. The zero-order valence-corrected chi connectivity index (χ0v) is 12.0. The van der Waals surface area contributed by atoms with Gasteiger partial charge in [0, 0.05) is 30.5 Å². The summed E-state index contributed by atoms with van der Waals surface area (Å²) in [5, 5.41) is 9.06. The van der Waals surface area contributed by atoms with E-state index in [0.29, 0.717) is 25.8 Å². The van der Waals surface area contributed by atoms with Crippen molar-refractivity contribution < 1.29 is 23.5 Å². The summed E-state index contributed by atoms with van der Waals surface area (Å²) >= 11 is 0. The minimum absolute atomic E-state index is 0.0207. The first-order chi connectivity index (χ1) is 10.5. The fourth-order valence-electron chi connectivity index (χ4n) is 3.27. The fraction of sp³-hybridized carbons (Fsp3) is 0.500. The average Bonchev–Trinajstić information content (AvgIpc) is 3.26. The quantitative estimate of drug-likeness (QED) is 0.932. The van der Waals surface area contributed by atoms with Crippen molar-refractivity contribution in [1.82, 2.24) is 4.90 Å². The third-order valence-electron chi connectivity index (χ3n) is 4.56. The van der Waals surface area contributed by atoms with Gasteiger partial charge in [-0.2, -0.15) is 0 Å². The summed E-state index contributed by atoms with van der Waals surface area (Å²) in [5.74, 6) is -3.73. The van der Waals surface area contributed by atoms with E-state index in [1.807, 2.05) is 0 Å². The average molecular weight is 309 g/mol. The molecular formula is C16H17F2NO3. The van der Waals surface area contributed by atoms with E-state index in [9.17, 15) is 18.4 Å². The molecule has 1 aliphatic heterocycles. The van der Waals surface area contributed by atoms with Crippen LogP contribution < -0.4 is 0 Å². The number of nitrogens with zero attached hydrogens (tertiary/aromatic N) is 1. The Bertz CT molecular complexity index is 599. The van der Waals surface area contributed by atoms with Gasteiger partial charge in [0.25, 0.3) is 0 Å². The summed E-state index contributed by atoms with van der Waals surface area (Å²) in [7, 11) is 0. The van der Waals surface area contributed by atoms with Crippen LogP contribution in [-0.4, -0.2) is 35.0 Å². The lowest BCUT2D eigenvalue weighted by Gasteiger charge is -2.31. The molecule has 0 spiro atoms. The number of hydrogen-bond donors (Lipinski definition) is 1. The molecule has 1 N–H and O–H groups in total. The maximum absolute atomic E-state index is 13.7. The van der Waals surface area contributed by atoms with Gasteiger partial charge in [-0.1, -0.05) is 6.07 Å². The van der Waals surface area contributed by atoms with Crippen molar-refractivity contribution in [2.75, 3.05) is 13.1 Å². The molecule has 1 saturated carbocycles. The lowest BCUT2D eigenvalue weighted by atomic mass is 9.97. The Morgan fingerprint density at radius 2 is 1.91 bits per heavy atom. The minimum atomic E-state index is -0.898. The summed E-state index contributed by atoms with van der Waals surface area (Å²) in [4.78, 5) is 25.0. The largest absolute Gasteiger partial charge is 0.481 e. The molecule has 1 heterocycles. The van der Waals surface area contributed by atoms with Gasteiger partial charge in [-0.15, -0.1) is 0 Å². The minimum Gasteiger partial charge on any atom is -0.481 e. The number of hydrogen-bond acceptors (Lipinski definition) is 2. The van der Waals surface area contributed by atoms with E-state index < -0.39 is 35.4 Å².